The van der Waals surface area contributed by atoms with Crippen molar-refractivity contribution < 1.29 is 14.3 Å². The minimum atomic E-state index is -0.282. The van der Waals surface area contributed by atoms with Gasteiger partial charge in [0.25, 0.3) is 11.8 Å². The molecule has 0 aliphatic carbocycles. The molecule has 3 aromatic carbocycles. The van der Waals surface area contributed by atoms with E-state index in [9.17, 15) is 9.59 Å². The Balaban J connectivity index is 1.53. The quantitative estimate of drug-likeness (QED) is 0.352. The first kappa shape index (κ1) is 23.2. The first-order chi connectivity index (χ1) is 15.3. The van der Waals surface area contributed by atoms with E-state index in [2.05, 4.69) is 31.8 Å². The average Bonchev–Trinajstić information content (AvgIpc) is 2.75. The number of nitrogens with one attached hydrogen (secondary N) is 2. The Bertz CT molecular complexity index is 1160. The molecule has 32 heavy (non-hydrogen) atoms. The van der Waals surface area contributed by atoms with Crippen LogP contribution < -0.4 is 15.5 Å². The number of hydrogen-bond donors (Lipinski definition) is 2. The van der Waals surface area contributed by atoms with Crippen LogP contribution in [0.1, 0.15) is 32.6 Å². The summed E-state index contributed by atoms with van der Waals surface area (Å²) in [5.41, 5.74) is 7.78. The van der Waals surface area contributed by atoms with Gasteiger partial charge in [-0.3, -0.25) is 9.59 Å². The van der Waals surface area contributed by atoms with Crippen molar-refractivity contribution in [3.05, 3.63) is 93.0 Å². The van der Waals surface area contributed by atoms with Crippen molar-refractivity contribution in [2.75, 3.05) is 11.9 Å². The predicted molar refractivity (Wildman–Crippen MR) is 130 cm³/mol. The Morgan fingerprint density at radius 1 is 0.969 bits per heavy atom. The fraction of sp³-hybridized carbons (Fsp3) is 0.160. The van der Waals surface area contributed by atoms with Gasteiger partial charge in [-0.25, -0.2) is 5.43 Å². The maximum absolute atomic E-state index is 12.2. The van der Waals surface area contributed by atoms with Crippen LogP contribution in [0.5, 0.6) is 5.75 Å². The Hall–Kier alpha value is -3.45. The Kier molecular flexibility index (Phi) is 7.78. The van der Waals surface area contributed by atoms with E-state index in [1.54, 1.807) is 30.3 Å². The number of anilines is 1. The first-order valence-corrected chi connectivity index (χ1v) is 10.8. The van der Waals surface area contributed by atoms with E-state index in [4.69, 9.17) is 4.74 Å². The third kappa shape index (κ3) is 6.52. The number of benzene rings is 3. The van der Waals surface area contributed by atoms with E-state index in [1.807, 2.05) is 51.1 Å². The number of carbonyl (C=O) groups excluding carboxylic acids is 2. The number of aryl methyl sites for hydroxylation is 3. The highest BCUT2D eigenvalue weighted by Crippen LogP contribution is 2.25. The van der Waals surface area contributed by atoms with Gasteiger partial charge in [0.15, 0.2) is 6.61 Å². The van der Waals surface area contributed by atoms with Crippen molar-refractivity contribution in [3.8, 4) is 5.75 Å². The van der Waals surface area contributed by atoms with Gasteiger partial charge in [-0.2, -0.15) is 5.10 Å². The molecule has 3 aromatic rings. The van der Waals surface area contributed by atoms with Crippen LogP contribution in [-0.4, -0.2) is 24.6 Å². The van der Waals surface area contributed by atoms with Gasteiger partial charge in [-0.1, -0.05) is 35.4 Å². The average molecular weight is 494 g/mol. The SMILES string of the molecule is Cc1ccc(C(=O)N/N=C/c2ccc(OCC(=O)Nc3ccc(C)cc3C)c(Br)c2)cc1. The molecule has 0 aliphatic rings. The molecule has 0 aliphatic heterocycles. The summed E-state index contributed by atoms with van der Waals surface area (Å²) in [6.07, 6.45) is 1.54. The molecule has 7 heteroatoms. The molecule has 164 valence electrons. The number of ether oxygens (including phenoxy) is 1. The topological polar surface area (TPSA) is 79.8 Å². The van der Waals surface area contributed by atoms with Gasteiger partial charge < -0.3 is 10.1 Å². The molecule has 0 fully saturated rings. The van der Waals surface area contributed by atoms with Crippen LogP contribution in [0.4, 0.5) is 5.69 Å². The van der Waals surface area contributed by atoms with Crippen molar-refractivity contribution >= 4 is 39.6 Å². The third-order valence-electron chi connectivity index (χ3n) is 4.66. The van der Waals surface area contributed by atoms with E-state index in [1.165, 1.54) is 6.21 Å². The van der Waals surface area contributed by atoms with E-state index in [0.717, 1.165) is 27.9 Å². The zero-order valence-corrected chi connectivity index (χ0v) is 19.7. The second-order valence-electron chi connectivity index (χ2n) is 7.41. The molecule has 0 saturated carbocycles. The lowest BCUT2D eigenvalue weighted by molar-refractivity contribution is -0.118. The second-order valence-corrected chi connectivity index (χ2v) is 8.26. The lowest BCUT2D eigenvalue weighted by atomic mass is 10.1. The molecular formula is C25H24BrN3O3. The van der Waals surface area contributed by atoms with Crippen LogP contribution in [0.25, 0.3) is 0 Å². The van der Waals surface area contributed by atoms with Gasteiger partial charge in [-0.15, -0.1) is 0 Å². The lowest BCUT2D eigenvalue weighted by Crippen LogP contribution is -2.20. The van der Waals surface area contributed by atoms with E-state index >= 15 is 0 Å². The van der Waals surface area contributed by atoms with Crippen molar-refractivity contribution in [3.63, 3.8) is 0 Å². The zero-order valence-electron chi connectivity index (χ0n) is 18.1. The molecule has 0 radical (unpaired) electrons. The number of hydrogen-bond acceptors (Lipinski definition) is 4. The molecule has 2 amide bonds. The molecular weight excluding hydrogens is 470 g/mol. The van der Waals surface area contributed by atoms with Crippen LogP contribution in [0.15, 0.2) is 70.2 Å². The molecule has 0 spiro atoms. The summed E-state index contributed by atoms with van der Waals surface area (Å²) in [5.74, 6) is 0.00465. The first-order valence-electron chi connectivity index (χ1n) is 10.0. The molecule has 0 atom stereocenters. The maximum atomic E-state index is 12.2. The number of amides is 2. The van der Waals surface area contributed by atoms with Crippen LogP contribution in [0.3, 0.4) is 0 Å². The molecule has 0 saturated heterocycles. The van der Waals surface area contributed by atoms with Crippen LogP contribution in [0, 0.1) is 20.8 Å². The van der Waals surface area contributed by atoms with Crippen molar-refractivity contribution in [1.29, 1.82) is 0 Å². The van der Waals surface area contributed by atoms with Crippen LogP contribution in [0.2, 0.25) is 0 Å². The summed E-state index contributed by atoms with van der Waals surface area (Å²) in [6.45, 7) is 5.80. The highest BCUT2D eigenvalue weighted by Gasteiger charge is 2.09. The minimum absolute atomic E-state index is 0.119. The minimum Gasteiger partial charge on any atom is -0.483 e. The highest BCUT2D eigenvalue weighted by molar-refractivity contribution is 9.10. The summed E-state index contributed by atoms with van der Waals surface area (Å²) in [6, 6.07) is 18.4. The molecule has 6 nitrogen and oxygen atoms in total. The third-order valence-corrected chi connectivity index (χ3v) is 5.28. The highest BCUT2D eigenvalue weighted by atomic mass is 79.9. The molecule has 0 unspecified atom stereocenters. The van der Waals surface area contributed by atoms with E-state index in [0.29, 0.717) is 15.8 Å². The van der Waals surface area contributed by atoms with E-state index < -0.39 is 0 Å². The van der Waals surface area contributed by atoms with Crippen molar-refractivity contribution in [2.24, 2.45) is 5.10 Å². The van der Waals surface area contributed by atoms with Gasteiger partial charge in [0, 0.05) is 11.3 Å². The molecule has 2 N–H and O–H groups in total. The van der Waals surface area contributed by atoms with Crippen molar-refractivity contribution in [1.82, 2.24) is 5.43 Å². The number of nitrogens with zero attached hydrogens (tertiary/aromatic N) is 1. The summed E-state index contributed by atoms with van der Waals surface area (Å²) in [5, 5.41) is 6.85. The van der Waals surface area contributed by atoms with Gasteiger partial charge in [-0.05, 0) is 84.2 Å². The number of hydrazone groups is 1. The maximum Gasteiger partial charge on any atom is 0.271 e. The van der Waals surface area contributed by atoms with Gasteiger partial charge >= 0.3 is 0 Å². The largest absolute Gasteiger partial charge is 0.483 e. The molecule has 0 aromatic heterocycles. The Morgan fingerprint density at radius 3 is 2.38 bits per heavy atom. The second kappa shape index (κ2) is 10.7. The smallest absolute Gasteiger partial charge is 0.271 e. The van der Waals surface area contributed by atoms with Gasteiger partial charge in [0.05, 0.1) is 10.7 Å². The van der Waals surface area contributed by atoms with Crippen molar-refractivity contribution in [2.45, 2.75) is 20.8 Å². The molecule has 0 heterocycles. The van der Waals surface area contributed by atoms with Gasteiger partial charge in [0.1, 0.15) is 5.75 Å². The summed E-state index contributed by atoms with van der Waals surface area (Å²) in [7, 11) is 0. The summed E-state index contributed by atoms with van der Waals surface area (Å²) >= 11 is 3.44. The number of rotatable bonds is 7. The summed E-state index contributed by atoms with van der Waals surface area (Å²) < 4.78 is 6.30. The van der Waals surface area contributed by atoms with Crippen LogP contribution in [-0.2, 0) is 4.79 Å². The zero-order chi connectivity index (χ0) is 23.1. The number of carbonyl (C=O) groups is 2. The van der Waals surface area contributed by atoms with Crippen LogP contribution >= 0.6 is 15.9 Å². The fourth-order valence-electron chi connectivity index (χ4n) is 2.93. The molecule has 0 bridgehead atoms. The standard InChI is InChI=1S/C25H24BrN3O3/c1-16-4-8-20(9-5-16)25(31)29-27-14-19-7-11-23(21(26)13-19)32-15-24(30)28-22-10-6-17(2)12-18(22)3/h4-14H,15H2,1-3H3,(H,28,30)(H,29,31)/b27-14+. The molecule has 3 rings (SSSR count). The lowest BCUT2D eigenvalue weighted by Gasteiger charge is -2.11. The predicted octanol–water partition coefficient (Wildman–Crippen LogP) is 5.16. The fourth-order valence-corrected chi connectivity index (χ4v) is 3.44. The monoisotopic (exact) mass is 493 g/mol. The van der Waals surface area contributed by atoms with Gasteiger partial charge in [0.2, 0.25) is 0 Å². The number of halogens is 1. The Morgan fingerprint density at radius 2 is 1.69 bits per heavy atom. The Labute approximate surface area is 195 Å². The summed E-state index contributed by atoms with van der Waals surface area (Å²) in [4.78, 5) is 24.3. The normalized spacial score (nSPS) is 10.8. The van der Waals surface area contributed by atoms with E-state index in [-0.39, 0.29) is 18.4 Å².